The minimum Gasteiger partial charge on any atom is -0.380 e. The van der Waals surface area contributed by atoms with Crippen molar-refractivity contribution < 1.29 is 13.2 Å². The Morgan fingerprint density at radius 1 is 1.35 bits per heavy atom. The summed E-state index contributed by atoms with van der Waals surface area (Å²) < 4.78 is 32.3. The number of rotatable bonds is 10. The van der Waals surface area contributed by atoms with Crippen molar-refractivity contribution in [2.75, 3.05) is 26.3 Å². The molecule has 0 aliphatic rings. The van der Waals surface area contributed by atoms with E-state index in [-0.39, 0.29) is 0 Å². The standard InChI is InChI=1S/C13H24N2O3S2/c1-11(2)6-9-18-10-8-15-20(16,17)13-4-3-12(19-13)5-7-14/h3-4,11,15H,5-10,14H2,1-2H3. The molecule has 1 aromatic heterocycles. The Morgan fingerprint density at radius 2 is 2.10 bits per heavy atom. The quantitative estimate of drug-likeness (QED) is 0.642. The minimum atomic E-state index is -3.41. The first-order valence-electron chi connectivity index (χ1n) is 6.82. The molecular weight excluding hydrogens is 296 g/mol. The second-order valence-corrected chi connectivity index (χ2v) is 8.11. The van der Waals surface area contributed by atoms with Gasteiger partial charge in [0.25, 0.3) is 0 Å². The average molecular weight is 320 g/mol. The van der Waals surface area contributed by atoms with E-state index in [9.17, 15) is 8.42 Å². The van der Waals surface area contributed by atoms with E-state index >= 15 is 0 Å². The zero-order valence-corrected chi connectivity index (χ0v) is 13.7. The van der Waals surface area contributed by atoms with E-state index in [0.29, 0.717) is 42.9 Å². The predicted octanol–water partition coefficient (Wildman–Crippen LogP) is 1.59. The molecule has 0 fully saturated rings. The van der Waals surface area contributed by atoms with E-state index in [1.807, 2.05) is 6.07 Å². The van der Waals surface area contributed by atoms with Crippen molar-refractivity contribution in [1.29, 1.82) is 0 Å². The molecule has 0 saturated carbocycles. The number of nitrogens with one attached hydrogen (secondary N) is 1. The van der Waals surface area contributed by atoms with Gasteiger partial charge in [-0.25, -0.2) is 13.1 Å². The van der Waals surface area contributed by atoms with E-state index < -0.39 is 10.0 Å². The van der Waals surface area contributed by atoms with E-state index in [2.05, 4.69) is 18.6 Å². The molecule has 0 unspecified atom stereocenters. The summed E-state index contributed by atoms with van der Waals surface area (Å²) in [7, 11) is -3.41. The first-order valence-corrected chi connectivity index (χ1v) is 9.12. The van der Waals surface area contributed by atoms with Crippen LogP contribution in [0, 0.1) is 5.92 Å². The van der Waals surface area contributed by atoms with Crippen molar-refractivity contribution in [2.24, 2.45) is 11.7 Å². The summed E-state index contributed by atoms with van der Waals surface area (Å²) in [4.78, 5) is 0.987. The smallest absolute Gasteiger partial charge is 0.250 e. The van der Waals surface area contributed by atoms with Crippen LogP contribution in [0.4, 0.5) is 0 Å². The number of hydrogen-bond acceptors (Lipinski definition) is 5. The van der Waals surface area contributed by atoms with Crippen LogP contribution in [0.1, 0.15) is 25.1 Å². The SMILES string of the molecule is CC(C)CCOCCNS(=O)(=O)c1ccc(CCN)s1. The van der Waals surface area contributed by atoms with Gasteiger partial charge in [-0.05, 0) is 37.4 Å². The summed E-state index contributed by atoms with van der Waals surface area (Å²) in [5.41, 5.74) is 5.45. The number of ether oxygens (including phenoxy) is 1. The maximum Gasteiger partial charge on any atom is 0.250 e. The molecule has 0 amide bonds. The molecular formula is C13H24N2O3S2. The monoisotopic (exact) mass is 320 g/mol. The van der Waals surface area contributed by atoms with Gasteiger partial charge in [0.05, 0.1) is 6.61 Å². The lowest BCUT2D eigenvalue weighted by Gasteiger charge is -2.07. The van der Waals surface area contributed by atoms with Crippen molar-refractivity contribution >= 4 is 21.4 Å². The van der Waals surface area contributed by atoms with E-state index in [1.165, 1.54) is 11.3 Å². The molecule has 0 atom stereocenters. The summed E-state index contributed by atoms with van der Waals surface area (Å²) in [6, 6.07) is 3.43. The third-order valence-corrected chi connectivity index (χ3v) is 5.77. The molecule has 20 heavy (non-hydrogen) atoms. The molecule has 7 heteroatoms. The van der Waals surface area contributed by atoms with Gasteiger partial charge >= 0.3 is 0 Å². The van der Waals surface area contributed by atoms with Crippen LogP contribution in [0.3, 0.4) is 0 Å². The lowest BCUT2D eigenvalue weighted by atomic mass is 10.1. The minimum absolute atomic E-state index is 0.296. The first-order chi connectivity index (χ1) is 9.45. The van der Waals surface area contributed by atoms with Crippen LogP contribution >= 0.6 is 11.3 Å². The van der Waals surface area contributed by atoms with Crippen LogP contribution in [0.5, 0.6) is 0 Å². The number of thiophene rings is 1. The Morgan fingerprint density at radius 3 is 2.75 bits per heavy atom. The summed E-state index contributed by atoms with van der Waals surface area (Å²) >= 11 is 1.27. The third kappa shape index (κ3) is 6.32. The first kappa shape index (κ1) is 17.6. The highest BCUT2D eigenvalue weighted by Crippen LogP contribution is 2.21. The van der Waals surface area contributed by atoms with E-state index in [4.69, 9.17) is 10.5 Å². The van der Waals surface area contributed by atoms with Gasteiger partial charge in [0.15, 0.2) is 0 Å². The van der Waals surface area contributed by atoms with Gasteiger partial charge in [0.1, 0.15) is 4.21 Å². The van der Waals surface area contributed by atoms with Gasteiger partial charge in [-0.3, -0.25) is 0 Å². The highest BCUT2D eigenvalue weighted by molar-refractivity contribution is 7.91. The second-order valence-electron chi connectivity index (χ2n) is 4.95. The van der Waals surface area contributed by atoms with Crippen molar-refractivity contribution in [3.05, 3.63) is 17.0 Å². The summed E-state index contributed by atoms with van der Waals surface area (Å²) in [6.45, 7) is 6.14. The number of hydrogen-bond donors (Lipinski definition) is 2. The zero-order chi connectivity index (χ0) is 15.0. The largest absolute Gasteiger partial charge is 0.380 e. The maximum atomic E-state index is 12.0. The van der Waals surface area contributed by atoms with Crippen LogP contribution in [0.2, 0.25) is 0 Å². The third-order valence-electron chi connectivity index (χ3n) is 2.67. The highest BCUT2D eigenvalue weighted by Gasteiger charge is 2.15. The molecule has 0 radical (unpaired) electrons. The molecule has 0 saturated heterocycles. The normalized spacial score (nSPS) is 12.2. The maximum absolute atomic E-state index is 12.0. The van der Waals surface area contributed by atoms with Gasteiger partial charge in [-0.15, -0.1) is 11.3 Å². The Bertz CT molecular complexity index is 484. The van der Waals surface area contributed by atoms with Crippen molar-refractivity contribution in [1.82, 2.24) is 4.72 Å². The summed E-state index contributed by atoms with van der Waals surface area (Å²) in [5.74, 6) is 0.596. The van der Waals surface area contributed by atoms with Crippen molar-refractivity contribution in [3.63, 3.8) is 0 Å². The molecule has 0 bridgehead atoms. The lowest BCUT2D eigenvalue weighted by Crippen LogP contribution is -2.27. The molecule has 116 valence electrons. The van der Waals surface area contributed by atoms with Gasteiger partial charge in [0.2, 0.25) is 10.0 Å². The Labute approximate surface area is 125 Å². The molecule has 0 aromatic carbocycles. The molecule has 1 rings (SSSR count). The zero-order valence-electron chi connectivity index (χ0n) is 12.1. The molecule has 0 aliphatic carbocycles. The van der Waals surface area contributed by atoms with Gasteiger partial charge in [-0.1, -0.05) is 13.8 Å². The van der Waals surface area contributed by atoms with Crippen molar-refractivity contribution in [2.45, 2.75) is 30.9 Å². The van der Waals surface area contributed by atoms with E-state index in [0.717, 1.165) is 11.3 Å². The molecule has 0 spiro atoms. The summed E-state index contributed by atoms with van der Waals surface area (Å²) in [5, 5.41) is 0. The van der Waals surface area contributed by atoms with Gasteiger partial charge in [0, 0.05) is 18.0 Å². The average Bonchev–Trinajstić information content (AvgIpc) is 2.83. The lowest BCUT2D eigenvalue weighted by molar-refractivity contribution is 0.128. The molecule has 1 aromatic rings. The van der Waals surface area contributed by atoms with Crippen LogP contribution in [-0.2, 0) is 21.2 Å². The molecule has 3 N–H and O–H groups in total. The van der Waals surface area contributed by atoms with Crippen LogP contribution in [0.25, 0.3) is 0 Å². The van der Waals surface area contributed by atoms with Crippen LogP contribution in [-0.4, -0.2) is 34.7 Å². The van der Waals surface area contributed by atoms with Crippen LogP contribution < -0.4 is 10.5 Å². The molecule has 0 aliphatic heterocycles. The summed E-state index contributed by atoms with van der Waals surface area (Å²) in [6.07, 6.45) is 1.69. The number of nitrogens with two attached hydrogens (primary N) is 1. The fourth-order valence-corrected chi connectivity index (χ4v) is 3.95. The Hall–Kier alpha value is -0.470. The number of sulfonamides is 1. The molecule has 5 nitrogen and oxygen atoms in total. The fourth-order valence-electron chi connectivity index (χ4n) is 1.52. The second kappa shape index (κ2) is 8.74. The topological polar surface area (TPSA) is 81.4 Å². The highest BCUT2D eigenvalue weighted by atomic mass is 32.2. The van der Waals surface area contributed by atoms with Crippen molar-refractivity contribution in [3.8, 4) is 0 Å². The predicted molar refractivity (Wildman–Crippen MR) is 82.5 cm³/mol. The van der Waals surface area contributed by atoms with Gasteiger partial charge < -0.3 is 10.5 Å². The Balaban J connectivity index is 2.33. The fraction of sp³-hybridized carbons (Fsp3) is 0.692. The molecule has 1 heterocycles. The van der Waals surface area contributed by atoms with Crippen LogP contribution in [0.15, 0.2) is 16.3 Å². The van der Waals surface area contributed by atoms with Gasteiger partial charge in [-0.2, -0.15) is 0 Å². The van der Waals surface area contributed by atoms with E-state index in [1.54, 1.807) is 6.07 Å². The Kier molecular flexibility index (Phi) is 7.68.